The first-order chi connectivity index (χ1) is 15.1. The highest BCUT2D eigenvalue weighted by molar-refractivity contribution is 6.30. The van der Waals surface area contributed by atoms with Crippen LogP contribution in [0, 0.1) is 0 Å². The third kappa shape index (κ3) is 4.87. The number of para-hydroxylation sites is 1. The lowest BCUT2D eigenvalue weighted by molar-refractivity contribution is 0.319. The Labute approximate surface area is 186 Å². The van der Waals surface area contributed by atoms with E-state index in [1.54, 1.807) is 0 Å². The van der Waals surface area contributed by atoms with Crippen LogP contribution in [-0.4, -0.2) is 18.0 Å². The van der Waals surface area contributed by atoms with Crippen molar-refractivity contribution in [1.82, 2.24) is 0 Å². The average molecular weight is 429 g/mol. The number of anilines is 2. The molecule has 0 spiro atoms. The molecule has 0 aliphatic rings. The van der Waals surface area contributed by atoms with E-state index >= 15 is 0 Å². The van der Waals surface area contributed by atoms with Gasteiger partial charge in [-0.2, -0.15) is 0 Å². The molecule has 31 heavy (non-hydrogen) atoms. The monoisotopic (exact) mass is 428 g/mol. The van der Waals surface area contributed by atoms with Crippen molar-refractivity contribution in [1.29, 1.82) is 0 Å². The van der Waals surface area contributed by atoms with Crippen molar-refractivity contribution >= 4 is 28.7 Å². The van der Waals surface area contributed by atoms with Crippen molar-refractivity contribution < 1.29 is 9.94 Å². The third-order valence-electron chi connectivity index (χ3n) is 4.93. The smallest absolute Gasteiger partial charge is 0.128 e. The zero-order valence-corrected chi connectivity index (χ0v) is 17.7. The van der Waals surface area contributed by atoms with E-state index in [4.69, 9.17) is 16.3 Å². The number of halogens is 1. The Morgan fingerprint density at radius 2 is 1.35 bits per heavy atom. The molecule has 5 heteroatoms. The molecule has 0 saturated carbocycles. The lowest BCUT2D eigenvalue weighted by Crippen LogP contribution is -2.10. The largest absolute Gasteiger partial charge is 0.457 e. The van der Waals surface area contributed by atoms with E-state index in [2.05, 4.69) is 10.1 Å². The zero-order chi connectivity index (χ0) is 21.6. The van der Waals surface area contributed by atoms with Crippen LogP contribution in [0.5, 0.6) is 11.5 Å². The van der Waals surface area contributed by atoms with Crippen LogP contribution >= 0.6 is 11.6 Å². The molecule has 1 N–H and O–H groups in total. The number of hydrogen-bond donors (Lipinski definition) is 1. The molecule has 4 rings (SSSR count). The minimum Gasteiger partial charge on any atom is -0.457 e. The van der Waals surface area contributed by atoms with Gasteiger partial charge in [0.15, 0.2) is 0 Å². The van der Waals surface area contributed by atoms with E-state index in [-0.39, 0.29) is 0 Å². The van der Waals surface area contributed by atoms with E-state index in [0.29, 0.717) is 16.5 Å². The lowest BCUT2D eigenvalue weighted by atomic mass is 10.0. The molecule has 0 radical (unpaired) electrons. The molecule has 154 valence electrons. The first kappa shape index (κ1) is 20.5. The highest BCUT2D eigenvalue weighted by Crippen LogP contribution is 2.27. The summed E-state index contributed by atoms with van der Waals surface area (Å²) in [5.74, 6) is 1.42. The number of oxime groups is 1. The van der Waals surface area contributed by atoms with Gasteiger partial charge in [-0.3, -0.25) is 0 Å². The summed E-state index contributed by atoms with van der Waals surface area (Å²) in [7, 11) is 1.99. The maximum atomic E-state index is 9.72. The van der Waals surface area contributed by atoms with Gasteiger partial charge in [-0.15, -0.1) is 0 Å². The van der Waals surface area contributed by atoms with Gasteiger partial charge in [0.2, 0.25) is 0 Å². The second kappa shape index (κ2) is 9.37. The summed E-state index contributed by atoms with van der Waals surface area (Å²) in [6.07, 6.45) is 0. The summed E-state index contributed by atoms with van der Waals surface area (Å²) in [4.78, 5) is 2.06. The first-order valence-corrected chi connectivity index (χ1v) is 10.2. The molecule has 0 fully saturated rings. The van der Waals surface area contributed by atoms with Crippen molar-refractivity contribution in [2.45, 2.75) is 0 Å². The number of hydrogen-bond acceptors (Lipinski definition) is 4. The maximum absolute atomic E-state index is 9.72. The van der Waals surface area contributed by atoms with E-state index in [0.717, 1.165) is 28.3 Å². The standard InChI is InChI=1S/C26H21ClN2O2/c1-29(23-16-12-21(27)13-17-23)22-14-10-19(11-15-22)26(28-30)20-6-5-9-25(18-20)31-24-7-3-2-4-8-24/h2-18,30H,1H3. The lowest BCUT2D eigenvalue weighted by Gasteiger charge is -2.20. The van der Waals surface area contributed by atoms with Gasteiger partial charge in [0.05, 0.1) is 0 Å². The predicted octanol–water partition coefficient (Wildman–Crippen LogP) is 7.13. The molecule has 0 saturated heterocycles. The summed E-state index contributed by atoms with van der Waals surface area (Å²) in [5.41, 5.74) is 4.06. The predicted molar refractivity (Wildman–Crippen MR) is 126 cm³/mol. The van der Waals surface area contributed by atoms with Crippen LogP contribution in [0.3, 0.4) is 0 Å². The molecule has 4 nitrogen and oxygen atoms in total. The summed E-state index contributed by atoms with van der Waals surface area (Å²) < 4.78 is 5.90. The van der Waals surface area contributed by atoms with Crippen molar-refractivity contribution in [2.75, 3.05) is 11.9 Å². The van der Waals surface area contributed by atoms with Gasteiger partial charge in [0, 0.05) is 34.6 Å². The number of nitrogens with zero attached hydrogens (tertiary/aromatic N) is 2. The second-order valence-electron chi connectivity index (χ2n) is 6.97. The van der Waals surface area contributed by atoms with Crippen molar-refractivity contribution in [3.63, 3.8) is 0 Å². The summed E-state index contributed by atoms with van der Waals surface area (Å²) in [5, 5.41) is 14.0. The van der Waals surface area contributed by atoms with Crippen molar-refractivity contribution in [3.8, 4) is 11.5 Å². The van der Waals surface area contributed by atoms with Crippen LogP contribution in [-0.2, 0) is 0 Å². The fourth-order valence-electron chi connectivity index (χ4n) is 3.27. The highest BCUT2D eigenvalue weighted by atomic mass is 35.5. The van der Waals surface area contributed by atoms with Gasteiger partial charge < -0.3 is 14.8 Å². The zero-order valence-electron chi connectivity index (χ0n) is 16.9. The molecule has 0 aromatic heterocycles. The molecule has 0 heterocycles. The Kier molecular flexibility index (Phi) is 6.20. The fourth-order valence-corrected chi connectivity index (χ4v) is 3.40. The van der Waals surface area contributed by atoms with Gasteiger partial charge in [-0.1, -0.05) is 59.2 Å². The molecule has 0 amide bonds. The van der Waals surface area contributed by atoms with Gasteiger partial charge in [0.1, 0.15) is 17.2 Å². The topological polar surface area (TPSA) is 45.1 Å². The van der Waals surface area contributed by atoms with Crippen LogP contribution in [0.1, 0.15) is 11.1 Å². The molecule has 0 bridgehead atoms. The van der Waals surface area contributed by atoms with Gasteiger partial charge in [0.25, 0.3) is 0 Å². The molecule has 0 atom stereocenters. The SMILES string of the molecule is CN(c1ccc(Cl)cc1)c1ccc(C(=NO)c2cccc(Oc3ccccc3)c2)cc1. The Morgan fingerprint density at radius 1 is 0.742 bits per heavy atom. The molecule has 4 aromatic carbocycles. The molecule has 4 aromatic rings. The number of benzene rings is 4. The van der Waals surface area contributed by atoms with E-state index < -0.39 is 0 Å². The fraction of sp³-hybridized carbons (Fsp3) is 0.0385. The third-order valence-corrected chi connectivity index (χ3v) is 5.18. The number of rotatable bonds is 6. The molecule has 0 aliphatic heterocycles. The Bertz CT molecular complexity index is 1170. The van der Waals surface area contributed by atoms with E-state index in [9.17, 15) is 5.21 Å². The molecular formula is C26H21ClN2O2. The minimum atomic E-state index is 0.471. The summed E-state index contributed by atoms with van der Waals surface area (Å²) in [6, 6.07) is 32.6. The van der Waals surface area contributed by atoms with Crippen LogP contribution in [0.25, 0.3) is 0 Å². The quantitative estimate of drug-likeness (QED) is 0.202. The Hall–Kier alpha value is -3.76. The van der Waals surface area contributed by atoms with E-state index in [1.807, 2.05) is 110 Å². The molecular weight excluding hydrogens is 408 g/mol. The van der Waals surface area contributed by atoms with Gasteiger partial charge in [-0.25, -0.2) is 0 Å². The van der Waals surface area contributed by atoms with Crippen LogP contribution in [0.2, 0.25) is 5.02 Å². The Balaban J connectivity index is 1.55. The minimum absolute atomic E-state index is 0.471. The van der Waals surface area contributed by atoms with Gasteiger partial charge >= 0.3 is 0 Å². The molecule has 0 unspecified atom stereocenters. The summed E-state index contributed by atoms with van der Waals surface area (Å²) in [6.45, 7) is 0. The number of ether oxygens (including phenoxy) is 1. The molecule has 0 aliphatic carbocycles. The van der Waals surface area contributed by atoms with Crippen molar-refractivity contribution in [2.24, 2.45) is 5.16 Å². The van der Waals surface area contributed by atoms with Gasteiger partial charge in [-0.05, 0) is 60.7 Å². The summed E-state index contributed by atoms with van der Waals surface area (Å²) >= 11 is 5.98. The Morgan fingerprint density at radius 3 is 2.00 bits per heavy atom. The van der Waals surface area contributed by atoms with Crippen LogP contribution < -0.4 is 9.64 Å². The average Bonchev–Trinajstić information content (AvgIpc) is 2.81. The second-order valence-corrected chi connectivity index (χ2v) is 7.41. The maximum Gasteiger partial charge on any atom is 0.128 e. The van der Waals surface area contributed by atoms with Crippen LogP contribution in [0.15, 0.2) is 108 Å². The first-order valence-electron chi connectivity index (χ1n) is 9.79. The van der Waals surface area contributed by atoms with Crippen molar-refractivity contribution in [3.05, 3.63) is 119 Å². The van der Waals surface area contributed by atoms with Crippen LogP contribution in [0.4, 0.5) is 11.4 Å². The highest BCUT2D eigenvalue weighted by Gasteiger charge is 2.11. The van der Waals surface area contributed by atoms with E-state index in [1.165, 1.54) is 0 Å². The normalized spacial score (nSPS) is 11.2.